The Labute approximate surface area is 108 Å². The van der Waals surface area contributed by atoms with E-state index in [1.165, 1.54) is 0 Å². The van der Waals surface area contributed by atoms with Crippen LogP contribution in [0.1, 0.15) is 42.3 Å². The molecule has 0 heterocycles. The van der Waals surface area contributed by atoms with Crippen molar-refractivity contribution in [3.05, 3.63) is 34.9 Å². The summed E-state index contributed by atoms with van der Waals surface area (Å²) in [5, 5.41) is 2.85. The molecule has 94 valence electrons. The fraction of sp³-hybridized carbons (Fsp3) is 0.500. The summed E-state index contributed by atoms with van der Waals surface area (Å²) in [5.41, 5.74) is 2.30. The quantitative estimate of drug-likeness (QED) is 0.822. The van der Waals surface area contributed by atoms with Crippen LogP contribution in [0.2, 0.25) is 0 Å². The molecule has 0 aromatic heterocycles. The van der Waals surface area contributed by atoms with Crippen LogP contribution < -0.4 is 5.32 Å². The van der Waals surface area contributed by atoms with Gasteiger partial charge in [-0.25, -0.2) is 0 Å². The van der Waals surface area contributed by atoms with E-state index in [0.717, 1.165) is 16.7 Å². The summed E-state index contributed by atoms with van der Waals surface area (Å²) in [6, 6.07) is 5.84. The lowest BCUT2D eigenvalue weighted by Gasteiger charge is -2.29. The van der Waals surface area contributed by atoms with Crippen LogP contribution in [0.5, 0.6) is 0 Å². The fourth-order valence-corrected chi connectivity index (χ4v) is 1.68. The van der Waals surface area contributed by atoms with Gasteiger partial charge in [0.15, 0.2) is 0 Å². The van der Waals surface area contributed by atoms with Gasteiger partial charge in [0.05, 0.1) is 10.9 Å². The Balaban J connectivity index is 2.99. The smallest absolute Gasteiger partial charge is 0.252 e. The number of rotatable bonds is 3. The molecular weight excluding hydrogens is 234 g/mol. The Hall–Kier alpha value is -1.02. The average molecular weight is 254 g/mol. The molecule has 1 atom stereocenters. The van der Waals surface area contributed by atoms with Gasteiger partial charge in [0, 0.05) is 5.56 Å². The number of hydrogen-bond acceptors (Lipinski definition) is 1. The van der Waals surface area contributed by atoms with E-state index in [0.29, 0.717) is 0 Å². The van der Waals surface area contributed by atoms with Gasteiger partial charge >= 0.3 is 0 Å². The monoisotopic (exact) mass is 253 g/mol. The Morgan fingerprint density at radius 3 is 2.18 bits per heavy atom. The van der Waals surface area contributed by atoms with Gasteiger partial charge in [0.25, 0.3) is 5.91 Å². The molecule has 0 saturated heterocycles. The van der Waals surface area contributed by atoms with Crippen molar-refractivity contribution in [2.45, 2.75) is 45.5 Å². The first-order chi connectivity index (χ1) is 7.75. The first-order valence-corrected chi connectivity index (χ1v) is 6.22. The van der Waals surface area contributed by atoms with Crippen LogP contribution in [-0.2, 0) is 0 Å². The molecule has 0 bridgehead atoms. The van der Waals surface area contributed by atoms with Gasteiger partial charge in [-0.1, -0.05) is 18.2 Å². The zero-order chi connectivity index (χ0) is 13.2. The number of alkyl halides is 1. The fourth-order valence-electron chi connectivity index (χ4n) is 1.63. The van der Waals surface area contributed by atoms with Gasteiger partial charge < -0.3 is 5.32 Å². The molecule has 0 radical (unpaired) electrons. The van der Waals surface area contributed by atoms with Gasteiger partial charge in [-0.05, 0) is 45.7 Å². The van der Waals surface area contributed by atoms with Gasteiger partial charge in [-0.2, -0.15) is 0 Å². The number of amides is 1. The topological polar surface area (TPSA) is 29.1 Å². The van der Waals surface area contributed by atoms with Crippen molar-refractivity contribution in [1.82, 2.24) is 5.32 Å². The third-order valence-corrected chi connectivity index (χ3v) is 3.68. The molecule has 0 aliphatic heterocycles. The molecule has 0 aliphatic rings. The molecule has 1 aromatic rings. The number of halogens is 1. The van der Waals surface area contributed by atoms with E-state index < -0.39 is 5.54 Å². The summed E-state index contributed by atoms with van der Waals surface area (Å²) in [4.78, 5) is 12.2. The second-order valence-corrected chi connectivity index (χ2v) is 5.71. The average Bonchev–Trinajstić information content (AvgIpc) is 2.15. The molecule has 0 aliphatic carbocycles. The van der Waals surface area contributed by atoms with Crippen LogP contribution in [0.15, 0.2) is 18.2 Å². The largest absolute Gasteiger partial charge is 0.346 e. The first kappa shape index (κ1) is 14.0. The third kappa shape index (κ3) is 3.22. The van der Waals surface area contributed by atoms with Gasteiger partial charge in [-0.15, -0.1) is 11.6 Å². The lowest BCUT2D eigenvalue weighted by molar-refractivity contribution is 0.0911. The van der Waals surface area contributed by atoms with Crippen molar-refractivity contribution in [2.24, 2.45) is 0 Å². The van der Waals surface area contributed by atoms with Crippen LogP contribution in [-0.4, -0.2) is 16.8 Å². The SMILES string of the molecule is Cc1cccc(C)c1C(=O)NC(C)(C)C(C)Cl. The molecule has 0 fully saturated rings. The van der Waals surface area contributed by atoms with Crippen LogP contribution >= 0.6 is 11.6 Å². The van der Waals surface area contributed by atoms with E-state index >= 15 is 0 Å². The number of nitrogens with one attached hydrogen (secondary N) is 1. The molecule has 0 spiro atoms. The molecule has 17 heavy (non-hydrogen) atoms. The summed E-state index contributed by atoms with van der Waals surface area (Å²) >= 11 is 6.07. The van der Waals surface area contributed by atoms with Gasteiger partial charge in [-0.3, -0.25) is 4.79 Å². The van der Waals surface area contributed by atoms with Crippen molar-refractivity contribution in [3.63, 3.8) is 0 Å². The minimum atomic E-state index is -0.423. The zero-order valence-electron chi connectivity index (χ0n) is 11.1. The maximum absolute atomic E-state index is 12.2. The second-order valence-electron chi connectivity index (χ2n) is 5.06. The van der Waals surface area contributed by atoms with Crippen molar-refractivity contribution in [3.8, 4) is 0 Å². The summed E-state index contributed by atoms with van der Waals surface area (Å²) in [6.07, 6.45) is 0. The highest BCUT2D eigenvalue weighted by Gasteiger charge is 2.27. The Kier molecular flexibility index (Phi) is 4.21. The highest BCUT2D eigenvalue weighted by Crippen LogP contribution is 2.18. The van der Waals surface area contributed by atoms with Crippen molar-refractivity contribution in [2.75, 3.05) is 0 Å². The molecule has 3 heteroatoms. The first-order valence-electron chi connectivity index (χ1n) is 5.78. The maximum atomic E-state index is 12.2. The normalized spacial score (nSPS) is 13.3. The number of carbonyl (C=O) groups excluding carboxylic acids is 1. The highest BCUT2D eigenvalue weighted by molar-refractivity contribution is 6.21. The Bertz CT molecular complexity index is 404. The molecule has 1 unspecified atom stereocenters. The zero-order valence-corrected chi connectivity index (χ0v) is 11.9. The summed E-state index contributed by atoms with van der Waals surface area (Å²) in [7, 11) is 0. The lowest BCUT2D eigenvalue weighted by atomic mass is 9.98. The van der Waals surface area contributed by atoms with E-state index in [4.69, 9.17) is 11.6 Å². The van der Waals surface area contributed by atoms with Crippen molar-refractivity contribution >= 4 is 17.5 Å². The van der Waals surface area contributed by atoms with E-state index in [1.54, 1.807) is 0 Å². The minimum absolute atomic E-state index is 0.0573. The van der Waals surface area contributed by atoms with Gasteiger partial charge in [0.1, 0.15) is 0 Å². The number of benzene rings is 1. The molecule has 1 amide bonds. The summed E-state index contributed by atoms with van der Waals surface area (Å²) in [5.74, 6) is -0.0573. The number of hydrogen-bond donors (Lipinski definition) is 1. The van der Waals surface area contributed by atoms with E-state index in [2.05, 4.69) is 5.32 Å². The predicted molar refractivity (Wildman–Crippen MR) is 72.8 cm³/mol. The van der Waals surface area contributed by atoms with E-state index in [1.807, 2.05) is 52.8 Å². The standard InChI is InChI=1S/C14H20ClNO/c1-9-7-6-8-10(2)12(9)13(17)16-14(4,5)11(3)15/h6-8,11H,1-5H3,(H,16,17). The van der Waals surface area contributed by atoms with E-state index in [-0.39, 0.29) is 11.3 Å². The van der Waals surface area contributed by atoms with Crippen molar-refractivity contribution < 1.29 is 4.79 Å². The molecular formula is C14H20ClNO. The van der Waals surface area contributed by atoms with Crippen LogP contribution in [0.4, 0.5) is 0 Å². The predicted octanol–water partition coefficient (Wildman–Crippen LogP) is 3.44. The molecule has 1 aromatic carbocycles. The molecule has 2 nitrogen and oxygen atoms in total. The van der Waals surface area contributed by atoms with Crippen molar-refractivity contribution in [1.29, 1.82) is 0 Å². The molecule has 0 saturated carbocycles. The summed E-state index contributed by atoms with van der Waals surface area (Å²) in [6.45, 7) is 9.62. The molecule has 1 N–H and O–H groups in total. The lowest BCUT2D eigenvalue weighted by Crippen LogP contribution is -2.49. The van der Waals surface area contributed by atoms with Crippen LogP contribution in [0, 0.1) is 13.8 Å². The third-order valence-electron chi connectivity index (χ3n) is 3.14. The molecule has 1 rings (SSSR count). The van der Waals surface area contributed by atoms with Crippen LogP contribution in [0.25, 0.3) is 0 Å². The Morgan fingerprint density at radius 2 is 1.76 bits per heavy atom. The number of aryl methyl sites for hydroxylation is 2. The number of carbonyl (C=O) groups is 1. The van der Waals surface area contributed by atoms with Gasteiger partial charge in [0.2, 0.25) is 0 Å². The summed E-state index contributed by atoms with van der Waals surface area (Å²) < 4.78 is 0. The minimum Gasteiger partial charge on any atom is -0.346 e. The second kappa shape index (κ2) is 5.09. The van der Waals surface area contributed by atoms with E-state index in [9.17, 15) is 4.79 Å². The maximum Gasteiger partial charge on any atom is 0.252 e. The van der Waals surface area contributed by atoms with Crippen LogP contribution in [0.3, 0.4) is 0 Å². The Morgan fingerprint density at radius 1 is 1.29 bits per heavy atom. The highest BCUT2D eigenvalue weighted by atomic mass is 35.5.